The molecule has 0 aliphatic carbocycles. The molecule has 0 heterocycles. The van der Waals surface area contributed by atoms with Gasteiger partial charge in [0.05, 0.1) is 4.90 Å². The first kappa shape index (κ1) is 11.0. The van der Waals surface area contributed by atoms with Crippen LogP contribution in [0.15, 0.2) is 23.1 Å². The van der Waals surface area contributed by atoms with E-state index in [1.165, 1.54) is 6.07 Å². The summed E-state index contributed by atoms with van der Waals surface area (Å²) in [5.74, 6) is 0. The van der Waals surface area contributed by atoms with Crippen molar-refractivity contribution in [2.24, 2.45) is 5.73 Å². The third kappa shape index (κ3) is 2.44. The Labute approximate surface area is 82.5 Å². The van der Waals surface area contributed by atoms with Gasteiger partial charge in [0.2, 0.25) is 0 Å². The van der Waals surface area contributed by atoms with Gasteiger partial charge in [-0.3, -0.25) is 4.55 Å². The van der Waals surface area contributed by atoms with E-state index in [1.54, 1.807) is 12.1 Å². The molecule has 0 fully saturated rings. The SMILES string of the molecule is NCCc1ccc(N)cc1S(=O)(=O)O. The molecule has 0 spiro atoms. The van der Waals surface area contributed by atoms with Gasteiger partial charge in [-0.1, -0.05) is 6.07 Å². The van der Waals surface area contributed by atoms with Crippen LogP contribution in [-0.4, -0.2) is 19.5 Å². The Morgan fingerprint density at radius 1 is 1.36 bits per heavy atom. The molecule has 14 heavy (non-hydrogen) atoms. The predicted octanol–water partition coefficient (Wildman–Crippen LogP) is 0.0167. The standard InChI is InChI=1S/C8H12N2O3S/c9-4-3-6-1-2-7(10)5-8(6)14(11,12)13/h1-2,5H,3-4,9-10H2,(H,11,12,13). The molecule has 6 heteroatoms. The van der Waals surface area contributed by atoms with Crippen LogP contribution in [0.1, 0.15) is 5.56 Å². The minimum absolute atomic E-state index is 0.164. The second-order valence-electron chi connectivity index (χ2n) is 2.88. The van der Waals surface area contributed by atoms with Crippen molar-refractivity contribution < 1.29 is 13.0 Å². The van der Waals surface area contributed by atoms with E-state index in [1.807, 2.05) is 0 Å². The second kappa shape index (κ2) is 3.95. The summed E-state index contributed by atoms with van der Waals surface area (Å²) in [6, 6.07) is 4.34. The van der Waals surface area contributed by atoms with Gasteiger partial charge in [-0.25, -0.2) is 0 Å². The first-order valence-corrected chi connectivity index (χ1v) is 5.45. The predicted molar refractivity (Wildman–Crippen MR) is 53.4 cm³/mol. The molecule has 5 N–H and O–H groups in total. The highest BCUT2D eigenvalue weighted by molar-refractivity contribution is 7.85. The molecule has 0 amide bonds. The Bertz CT molecular complexity index is 428. The Balaban J connectivity index is 3.30. The summed E-state index contributed by atoms with van der Waals surface area (Å²) in [6.45, 7) is 0.312. The van der Waals surface area contributed by atoms with Gasteiger partial charge in [-0.05, 0) is 30.7 Å². The molecular formula is C8H12N2O3S. The van der Waals surface area contributed by atoms with Crippen molar-refractivity contribution in [3.8, 4) is 0 Å². The van der Waals surface area contributed by atoms with Crippen molar-refractivity contribution in [1.29, 1.82) is 0 Å². The fourth-order valence-electron chi connectivity index (χ4n) is 1.17. The van der Waals surface area contributed by atoms with E-state index in [9.17, 15) is 8.42 Å². The molecule has 1 aromatic rings. The van der Waals surface area contributed by atoms with E-state index in [0.717, 1.165) is 0 Å². The maximum atomic E-state index is 10.9. The monoisotopic (exact) mass is 216 g/mol. The lowest BCUT2D eigenvalue weighted by Gasteiger charge is -2.06. The lowest BCUT2D eigenvalue weighted by atomic mass is 10.1. The minimum atomic E-state index is -4.21. The van der Waals surface area contributed by atoms with E-state index in [4.69, 9.17) is 16.0 Å². The molecule has 1 rings (SSSR count). The van der Waals surface area contributed by atoms with E-state index in [-0.39, 0.29) is 4.90 Å². The van der Waals surface area contributed by atoms with Crippen LogP contribution in [-0.2, 0) is 16.5 Å². The number of hydrogen-bond donors (Lipinski definition) is 3. The van der Waals surface area contributed by atoms with Crippen molar-refractivity contribution >= 4 is 15.8 Å². The molecule has 0 aromatic heterocycles. The van der Waals surface area contributed by atoms with Crippen molar-refractivity contribution in [3.05, 3.63) is 23.8 Å². The van der Waals surface area contributed by atoms with Crippen LogP contribution in [0, 0.1) is 0 Å². The maximum absolute atomic E-state index is 10.9. The summed E-state index contributed by atoms with van der Waals surface area (Å²) in [5.41, 5.74) is 11.5. The van der Waals surface area contributed by atoms with E-state index in [0.29, 0.717) is 24.2 Å². The van der Waals surface area contributed by atoms with Crippen LogP contribution >= 0.6 is 0 Å². The molecule has 1 aromatic carbocycles. The molecule has 0 aliphatic heterocycles. The fraction of sp³-hybridized carbons (Fsp3) is 0.250. The average molecular weight is 216 g/mol. The lowest BCUT2D eigenvalue weighted by molar-refractivity contribution is 0.482. The largest absolute Gasteiger partial charge is 0.399 e. The molecule has 0 radical (unpaired) electrons. The van der Waals surface area contributed by atoms with Gasteiger partial charge in [0.15, 0.2) is 0 Å². The fourth-order valence-corrected chi connectivity index (χ4v) is 1.96. The first-order chi connectivity index (χ1) is 6.45. The summed E-state index contributed by atoms with van der Waals surface area (Å²) in [7, 11) is -4.21. The first-order valence-electron chi connectivity index (χ1n) is 4.01. The molecule has 0 bridgehead atoms. The summed E-state index contributed by atoms with van der Waals surface area (Å²) < 4.78 is 30.8. The smallest absolute Gasteiger partial charge is 0.294 e. The van der Waals surface area contributed by atoms with E-state index in [2.05, 4.69) is 0 Å². The number of benzene rings is 1. The van der Waals surface area contributed by atoms with Gasteiger partial charge >= 0.3 is 0 Å². The minimum Gasteiger partial charge on any atom is -0.399 e. The van der Waals surface area contributed by atoms with Crippen molar-refractivity contribution in [3.63, 3.8) is 0 Å². The van der Waals surface area contributed by atoms with Crippen molar-refractivity contribution in [2.45, 2.75) is 11.3 Å². The number of nitrogens with two attached hydrogens (primary N) is 2. The highest BCUT2D eigenvalue weighted by Gasteiger charge is 2.14. The van der Waals surface area contributed by atoms with Gasteiger partial charge in [0, 0.05) is 5.69 Å². The molecule has 0 atom stereocenters. The van der Waals surface area contributed by atoms with Crippen LogP contribution in [0.25, 0.3) is 0 Å². The van der Waals surface area contributed by atoms with Gasteiger partial charge in [-0.15, -0.1) is 0 Å². The zero-order valence-electron chi connectivity index (χ0n) is 7.47. The second-order valence-corrected chi connectivity index (χ2v) is 4.27. The summed E-state index contributed by atoms with van der Waals surface area (Å²) in [6.07, 6.45) is 0.384. The quantitative estimate of drug-likeness (QED) is 0.487. The number of anilines is 1. The Morgan fingerprint density at radius 2 is 2.00 bits per heavy atom. The summed E-state index contributed by atoms with van der Waals surface area (Å²) in [5, 5.41) is 0. The van der Waals surface area contributed by atoms with E-state index >= 15 is 0 Å². The molecular weight excluding hydrogens is 204 g/mol. The maximum Gasteiger partial charge on any atom is 0.294 e. The van der Waals surface area contributed by atoms with Crippen LogP contribution in [0.4, 0.5) is 5.69 Å². The molecule has 0 saturated carbocycles. The van der Waals surface area contributed by atoms with Gasteiger partial charge in [0.25, 0.3) is 10.1 Å². The van der Waals surface area contributed by atoms with Crippen LogP contribution in [0.5, 0.6) is 0 Å². The van der Waals surface area contributed by atoms with Crippen molar-refractivity contribution in [1.82, 2.24) is 0 Å². The third-order valence-corrected chi connectivity index (χ3v) is 2.72. The lowest BCUT2D eigenvalue weighted by Crippen LogP contribution is -2.09. The molecule has 5 nitrogen and oxygen atoms in total. The van der Waals surface area contributed by atoms with Crippen LogP contribution in [0.2, 0.25) is 0 Å². The molecule has 0 unspecified atom stereocenters. The number of nitrogen functional groups attached to an aromatic ring is 1. The molecule has 0 aliphatic rings. The molecule has 0 saturated heterocycles. The Kier molecular flexibility index (Phi) is 3.10. The average Bonchev–Trinajstić information content (AvgIpc) is 2.07. The van der Waals surface area contributed by atoms with Gasteiger partial charge in [0.1, 0.15) is 0 Å². The van der Waals surface area contributed by atoms with Crippen molar-refractivity contribution in [2.75, 3.05) is 12.3 Å². The van der Waals surface area contributed by atoms with Crippen LogP contribution in [0.3, 0.4) is 0 Å². The number of rotatable bonds is 3. The summed E-state index contributed by atoms with van der Waals surface area (Å²) in [4.78, 5) is -0.164. The van der Waals surface area contributed by atoms with Gasteiger partial charge < -0.3 is 11.5 Å². The molecule has 78 valence electrons. The highest BCUT2D eigenvalue weighted by atomic mass is 32.2. The number of hydrogen-bond acceptors (Lipinski definition) is 4. The zero-order valence-corrected chi connectivity index (χ0v) is 8.29. The topological polar surface area (TPSA) is 106 Å². The highest BCUT2D eigenvalue weighted by Crippen LogP contribution is 2.18. The third-order valence-electron chi connectivity index (χ3n) is 1.78. The Hall–Kier alpha value is -1.11. The van der Waals surface area contributed by atoms with Gasteiger partial charge in [-0.2, -0.15) is 8.42 Å². The van der Waals surface area contributed by atoms with E-state index < -0.39 is 10.1 Å². The van der Waals surface area contributed by atoms with Crippen LogP contribution < -0.4 is 11.5 Å². The zero-order chi connectivity index (χ0) is 10.8. The Morgan fingerprint density at radius 3 is 2.50 bits per heavy atom. The summed E-state index contributed by atoms with van der Waals surface area (Å²) >= 11 is 0. The normalized spacial score (nSPS) is 11.6.